The van der Waals surface area contributed by atoms with E-state index in [9.17, 15) is 4.79 Å². The predicted molar refractivity (Wildman–Crippen MR) is 60.3 cm³/mol. The Bertz CT molecular complexity index is 386. The first-order chi connectivity index (χ1) is 7.24. The van der Waals surface area contributed by atoms with Gasteiger partial charge in [-0.2, -0.15) is 0 Å². The van der Waals surface area contributed by atoms with Crippen molar-refractivity contribution < 1.29 is 4.79 Å². The first kappa shape index (κ1) is 8.96. The van der Waals surface area contributed by atoms with E-state index >= 15 is 0 Å². The zero-order valence-corrected chi connectivity index (χ0v) is 8.94. The van der Waals surface area contributed by atoms with Gasteiger partial charge in [0.25, 0.3) is 0 Å². The molecule has 1 heterocycles. The Labute approximate surface area is 89.9 Å². The quantitative estimate of drug-likeness (QED) is 0.684. The molecule has 1 unspecified atom stereocenters. The van der Waals surface area contributed by atoms with Crippen LogP contribution in [0.25, 0.3) is 0 Å². The second kappa shape index (κ2) is 3.09. The minimum atomic E-state index is 0.144. The van der Waals surface area contributed by atoms with Crippen LogP contribution in [0.15, 0.2) is 24.3 Å². The Kier molecular flexibility index (Phi) is 1.84. The summed E-state index contributed by atoms with van der Waals surface area (Å²) in [5.74, 6) is 2.06. The monoisotopic (exact) mass is 201 g/mol. The molecule has 0 bridgehead atoms. The SMILES string of the molecule is CC(=O)c1ccc(N2CC3C[C@H]3C2)cc1. The molecule has 0 N–H and O–H groups in total. The molecule has 0 radical (unpaired) electrons. The van der Waals surface area contributed by atoms with Crippen molar-refractivity contribution in [3.63, 3.8) is 0 Å². The number of ketones is 1. The third kappa shape index (κ3) is 1.54. The lowest BCUT2D eigenvalue weighted by Crippen LogP contribution is -2.21. The van der Waals surface area contributed by atoms with Gasteiger partial charge in [0.05, 0.1) is 0 Å². The van der Waals surface area contributed by atoms with E-state index in [0.29, 0.717) is 0 Å². The molecule has 2 atom stereocenters. The number of carbonyl (C=O) groups excluding carboxylic acids is 1. The normalized spacial score (nSPS) is 27.7. The fourth-order valence-electron chi connectivity index (χ4n) is 2.52. The number of benzene rings is 1. The molecule has 15 heavy (non-hydrogen) atoms. The van der Waals surface area contributed by atoms with Crippen LogP contribution >= 0.6 is 0 Å². The molecule has 2 heteroatoms. The molecule has 1 aliphatic heterocycles. The first-order valence-corrected chi connectivity index (χ1v) is 5.60. The van der Waals surface area contributed by atoms with Gasteiger partial charge in [-0.05, 0) is 49.4 Å². The second-order valence-electron chi connectivity index (χ2n) is 4.76. The Balaban J connectivity index is 1.78. The van der Waals surface area contributed by atoms with Crippen molar-refractivity contribution >= 4 is 11.5 Å². The van der Waals surface area contributed by atoms with E-state index in [1.807, 2.05) is 12.1 Å². The average molecular weight is 201 g/mol. The summed E-state index contributed by atoms with van der Waals surface area (Å²) in [4.78, 5) is 13.6. The van der Waals surface area contributed by atoms with Crippen LogP contribution in [-0.2, 0) is 0 Å². The largest absolute Gasteiger partial charge is 0.371 e. The number of piperidine rings is 1. The maximum atomic E-state index is 11.1. The van der Waals surface area contributed by atoms with Crippen LogP contribution in [0, 0.1) is 11.8 Å². The van der Waals surface area contributed by atoms with Crippen LogP contribution in [0.3, 0.4) is 0 Å². The van der Waals surface area contributed by atoms with E-state index in [2.05, 4.69) is 17.0 Å². The summed E-state index contributed by atoms with van der Waals surface area (Å²) in [5, 5.41) is 0. The number of nitrogens with zero attached hydrogens (tertiary/aromatic N) is 1. The minimum absolute atomic E-state index is 0.144. The van der Waals surface area contributed by atoms with Gasteiger partial charge in [-0.15, -0.1) is 0 Å². The van der Waals surface area contributed by atoms with Crippen molar-refractivity contribution in [2.75, 3.05) is 18.0 Å². The van der Waals surface area contributed by atoms with E-state index in [1.165, 1.54) is 25.2 Å². The van der Waals surface area contributed by atoms with Gasteiger partial charge in [0.15, 0.2) is 5.78 Å². The van der Waals surface area contributed by atoms with E-state index in [4.69, 9.17) is 0 Å². The summed E-state index contributed by atoms with van der Waals surface area (Å²) in [6.07, 6.45) is 1.43. The molecule has 2 aliphatic rings. The van der Waals surface area contributed by atoms with Crippen molar-refractivity contribution in [3.8, 4) is 0 Å². The van der Waals surface area contributed by atoms with Crippen LogP contribution < -0.4 is 4.90 Å². The molecule has 0 aromatic heterocycles. The van der Waals surface area contributed by atoms with Gasteiger partial charge in [-0.3, -0.25) is 4.79 Å². The van der Waals surface area contributed by atoms with Gasteiger partial charge in [0, 0.05) is 24.3 Å². The average Bonchev–Trinajstić information content (AvgIpc) is 2.86. The van der Waals surface area contributed by atoms with Crippen LogP contribution in [0.1, 0.15) is 23.7 Å². The van der Waals surface area contributed by atoms with Crippen molar-refractivity contribution in [3.05, 3.63) is 29.8 Å². The number of hydrogen-bond donors (Lipinski definition) is 0. The van der Waals surface area contributed by atoms with Crippen LogP contribution in [0.2, 0.25) is 0 Å². The van der Waals surface area contributed by atoms with Gasteiger partial charge >= 0.3 is 0 Å². The second-order valence-corrected chi connectivity index (χ2v) is 4.76. The highest BCUT2D eigenvalue weighted by molar-refractivity contribution is 5.94. The van der Waals surface area contributed by atoms with E-state index < -0.39 is 0 Å². The Morgan fingerprint density at radius 2 is 1.80 bits per heavy atom. The summed E-state index contributed by atoms with van der Waals surface area (Å²) in [6.45, 7) is 4.04. The molecule has 1 aliphatic carbocycles. The standard InChI is InChI=1S/C13H15NO/c1-9(15)10-2-4-13(5-3-10)14-7-11-6-12(11)8-14/h2-5,11-12H,6-8H2,1H3/t11-,12?/m0/s1. The molecular formula is C13H15NO. The summed E-state index contributed by atoms with van der Waals surface area (Å²) in [6, 6.07) is 8.01. The van der Waals surface area contributed by atoms with Gasteiger partial charge in [0.1, 0.15) is 0 Å². The van der Waals surface area contributed by atoms with Crippen LogP contribution in [-0.4, -0.2) is 18.9 Å². The lowest BCUT2D eigenvalue weighted by atomic mass is 10.1. The maximum Gasteiger partial charge on any atom is 0.159 e. The minimum Gasteiger partial charge on any atom is -0.371 e. The Morgan fingerprint density at radius 3 is 2.33 bits per heavy atom. The van der Waals surface area contributed by atoms with Crippen molar-refractivity contribution in [1.29, 1.82) is 0 Å². The number of anilines is 1. The first-order valence-electron chi connectivity index (χ1n) is 5.60. The molecular weight excluding hydrogens is 186 g/mol. The Hall–Kier alpha value is -1.31. The lowest BCUT2D eigenvalue weighted by molar-refractivity contribution is 0.101. The highest BCUT2D eigenvalue weighted by Gasteiger charge is 2.44. The van der Waals surface area contributed by atoms with Crippen molar-refractivity contribution in [2.45, 2.75) is 13.3 Å². The molecule has 2 nitrogen and oxygen atoms in total. The Morgan fingerprint density at radius 1 is 1.20 bits per heavy atom. The van der Waals surface area contributed by atoms with Crippen molar-refractivity contribution in [2.24, 2.45) is 11.8 Å². The van der Waals surface area contributed by atoms with E-state index in [0.717, 1.165) is 17.4 Å². The molecule has 1 saturated heterocycles. The molecule has 1 saturated carbocycles. The summed E-state index contributed by atoms with van der Waals surface area (Å²) in [7, 11) is 0. The van der Waals surface area contributed by atoms with Gasteiger partial charge in [-0.1, -0.05) is 0 Å². The zero-order valence-electron chi connectivity index (χ0n) is 8.94. The predicted octanol–water partition coefficient (Wildman–Crippen LogP) is 2.35. The molecule has 78 valence electrons. The molecule has 0 spiro atoms. The molecule has 3 rings (SSSR count). The number of rotatable bonds is 2. The summed E-state index contributed by atoms with van der Waals surface area (Å²) >= 11 is 0. The molecule has 1 aromatic rings. The molecule has 1 aromatic carbocycles. The van der Waals surface area contributed by atoms with Crippen molar-refractivity contribution in [1.82, 2.24) is 0 Å². The molecule has 0 amide bonds. The number of Topliss-reactive ketones (excluding diaryl/α,β-unsaturated/α-hetero) is 1. The fourth-order valence-corrected chi connectivity index (χ4v) is 2.52. The van der Waals surface area contributed by atoms with Gasteiger partial charge < -0.3 is 4.90 Å². The van der Waals surface area contributed by atoms with Crippen LogP contribution in [0.5, 0.6) is 0 Å². The van der Waals surface area contributed by atoms with Gasteiger partial charge in [0.2, 0.25) is 0 Å². The maximum absolute atomic E-state index is 11.1. The third-order valence-electron chi connectivity index (χ3n) is 3.62. The smallest absolute Gasteiger partial charge is 0.159 e. The van der Waals surface area contributed by atoms with E-state index in [-0.39, 0.29) is 5.78 Å². The summed E-state index contributed by atoms with van der Waals surface area (Å²) < 4.78 is 0. The van der Waals surface area contributed by atoms with E-state index in [1.54, 1.807) is 6.92 Å². The highest BCUT2D eigenvalue weighted by Crippen LogP contribution is 2.46. The lowest BCUT2D eigenvalue weighted by Gasteiger charge is -2.20. The molecule has 2 fully saturated rings. The number of hydrogen-bond acceptors (Lipinski definition) is 2. The summed E-state index contributed by atoms with van der Waals surface area (Å²) in [5.41, 5.74) is 2.08. The topological polar surface area (TPSA) is 20.3 Å². The fraction of sp³-hybridized carbons (Fsp3) is 0.462. The van der Waals surface area contributed by atoms with Crippen LogP contribution in [0.4, 0.5) is 5.69 Å². The third-order valence-corrected chi connectivity index (χ3v) is 3.62. The van der Waals surface area contributed by atoms with Gasteiger partial charge in [-0.25, -0.2) is 0 Å². The zero-order chi connectivity index (χ0) is 10.4. The number of carbonyl (C=O) groups is 1. The highest BCUT2D eigenvalue weighted by atomic mass is 16.1. The number of fused-ring (bicyclic) bond motifs is 1.